The van der Waals surface area contributed by atoms with Crippen LogP contribution < -0.4 is 4.72 Å². The molecule has 10 heteroatoms. The van der Waals surface area contributed by atoms with Crippen LogP contribution in [0.25, 0.3) is 0 Å². The van der Waals surface area contributed by atoms with Crippen LogP contribution in [-0.4, -0.2) is 44.2 Å². The first-order valence-electron chi connectivity index (χ1n) is 5.73. The molecule has 1 aromatic carbocycles. The van der Waals surface area contributed by atoms with Crippen LogP contribution >= 0.6 is 0 Å². The Morgan fingerprint density at radius 3 is 2.62 bits per heavy atom. The number of sulfonamides is 1. The van der Waals surface area contributed by atoms with Crippen molar-refractivity contribution >= 4 is 21.7 Å². The van der Waals surface area contributed by atoms with Crippen LogP contribution in [0.1, 0.15) is 17.3 Å². The molecule has 0 saturated heterocycles. The molecule has 0 amide bonds. The van der Waals surface area contributed by atoms with Gasteiger partial charge in [-0.25, -0.2) is 17.9 Å². The first kappa shape index (κ1) is 17.0. The maximum Gasteiger partial charge on any atom is 0.339 e. The second kappa shape index (κ2) is 6.61. The minimum absolute atomic E-state index is 0.264. The maximum atomic E-state index is 12.1. The fourth-order valence-electron chi connectivity index (χ4n) is 1.44. The Morgan fingerprint density at radius 2 is 2.14 bits per heavy atom. The molecule has 0 heterocycles. The zero-order valence-corrected chi connectivity index (χ0v) is 12.1. The predicted octanol–water partition coefficient (Wildman–Crippen LogP) is 0.0405. The van der Waals surface area contributed by atoms with Crippen LogP contribution in [0.5, 0.6) is 0 Å². The van der Waals surface area contributed by atoms with E-state index in [1.54, 1.807) is 0 Å². The van der Waals surface area contributed by atoms with Gasteiger partial charge in [-0.05, 0) is 13.0 Å². The molecular weight excluding hydrogens is 304 g/mol. The normalized spacial score (nSPS) is 12.7. The standard InChI is InChI=1S/C11H14N2O7S/c1-7(14)6-12-21(18,19)10-4-3-8(13(16)17)5-9(10)11(15)20-2/h3-5,7,12,14H,6H2,1-2H3/t7-/m0/s1. The Hall–Kier alpha value is -2.04. The second-order valence-corrected chi connectivity index (χ2v) is 5.87. The van der Waals surface area contributed by atoms with E-state index in [-0.39, 0.29) is 6.54 Å². The summed E-state index contributed by atoms with van der Waals surface area (Å²) in [5.74, 6) is -1.02. The van der Waals surface area contributed by atoms with Gasteiger partial charge in [-0.2, -0.15) is 0 Å². The van der Waals surface area contributed by atoms with Crippen molar-refractivity contribution in [3.8, 4) is 0 Å². The number of hydrogen-bond acceptors (Lipinski definition) is 7. The van der Waals surface area contributed by atoms with E-state index >= 15 is 0 Å². The number of carbonyl (C=O) groups is 1. The molecule has 1 aromatic rings. The molecular formula is C11H14N2O7S. The lowest BCUT2D eigenvalue weighted by Crippen LogP contribution is -2.31. The average Bonchev–Trinajstić information content (AvgIpc) is 2.43. The van der Waals surface area contributed by atoms with Crippen molar-refractivity contribution < 1.29 is 28.0 Å². The third-order valence-corrected chi connectivity index (χ3v) is 3.92. The van der Waals surface area contributed by atoms with Crippen molar-refractivity contribution in [2.24, 2.45) is 0 Å². The minimum atomic E-state index is -4.12. The quantitative estimate of drug-likeness (QED) is 0.429. The fourth-order valence-corrected chi connectivity index (χ4v) is 2.74. The van der Waals surface area contributed by atoms with E-state index in [9.17, 15) is 23.3 Å². The zero-order chi connectivity index (χ0) is 16.2. The summed E-state index contributed by atoms with van der Waals surface area (Å²) in [6.45, 7) is 1.11. The van der Waals surface area contributed by atoms with Crippen LogP contribution in [-0.2, 0) is 14.8 Å². The molecule has 0 aliphatic carbocycles. The molecule has 0 fully saturated rings. The molecule has 0 aromatic heterocycles. The molecule has 0 bridgehead atoms. The van der Waals surface area contributed by atoms with Crippen LogP contribution in [0.2, 0.25) is 0 Å². The van der Waals surface area contributed by atoms with Gasteiger partial charge in [0.25, 0.3) is 5.69 Å². The lowest BCUT2D eigenvalue weighted by molar-refractivity contribution is -0.384. The maximum absolute atomic E-state index is 12.1. The Bertz CT molecular complexity index is 655. The van der Waals surface area contributed by atoms with Gasteiger partial charge in [0.05, 0.1) is 28.6 Å². The zero-order valence-electron chi connectivity index (χ0n) is 11.3. The molecule has 0 radical (unpaired) electrons. The fraction of sp³-hybridized carbons (Fsp3) is 0.364. The number of rotatable bonds is 6. The van der Waals surface area contributed by atoms with Crippen LogP contribution in [0.15, 0.2) is 23.1 Å². The summed E-state index contributed by atoms with van der Waals surface area (Å²) in [7, 11) is -3.09. The summed E-state index contributed by atoms with van der Waals surface area (Å²) in [6, 6.07) is 2.72. The summed E-state index contributed by atoms with van der Waals surface area (Å²) in [5.41, 5.74) is -0.894. The number of nitro benzene ring substituents is 1. The lowest BCUT2D eigenvalue weighted by Gasteiger charge is -2.11. The number of benzene rings is 1. The molecule has 21 heavy (non-hydrogen) atoms. The van der Waals surface area contributed by atoms with Crippen LogP contribution in [0, 0.1) is 10.1 Å². The molecule has 116 valence electrons. The number of hydrogen-bond donors (Lipinski definition) is 2. The first-order chi connectivity index (χ1) is 9.69. The van der Waals surface area contributed by atoms with E-state index in [2.05, 4.69) is 9.46 Å². The van der Waals surface area contributed by atoms with Crippen molar-refractivity contribution in [2.75, 3.05) is 13.7 Å². The smallest absolute Gasteiger partial charge is 0.339 e. The number of esters is 1. The number of methoxy groups -OCH3 is 1. The molecule has 0 aliphatic heterocycles. The minimum Gasteiger partial charge on any atom is -0.465 e. The molecule has 1 rings (SSSR count). The highest BCUT2D eigenvalue weighted by Gasteiger charge is 2.25. The third-order valence-electron chi connectivity index (χ3n) is 2.44. The van der Waals surface area contributed by atoms with Crippen LogP contribution in [0.4, 0.5) is 5.69 Å². The number of aliphatic hydroxyl groups excluding tert-OH is 1. The number of ether oxygens (including phenoxy) is 1. The second-order valence-electron chi connectivity index (χ2n) is 4.13. The van der Waals surface area contributed by atoms with E-state index < -0.39 is 43.2 Å². The highest BCUT2D eigenvalue weighted by molar-refractivity contribution is 7.89. The number of nitro groups is 1. The Balaban J connectivity index is 3.34. The van der Waals surface area contributed by atoms with Gasteiger partial charge in [0.15, 0.2) is 0 Å². The average molecular weight is 318 g/mol. The van der Waals surface area contributed by atoms with E-state index in [4.69, 9.17) is 5.11 Å². The largest absolute Gasteiger partial charge is 0.465 e. The SMILES string of the molecule is COC(=O)c1cc([N+](=O)[O-])ccc1S(=O)(=O)NC[C@H](C)O. The summed E-state index contributed by atoms with van der Waals surface area (Å²) in [4.78, 5) is 21.1. The lowest BCUT2D eigenvalue weighted by atomic mass is 10.2. The van der Waals surface area contributed by atoms with Gasteiger partial charge in [-0.15, -0.1) is 0 Å². The highest BCUT2D eigenvalue weighted by atomic mass is 32.2. The molecule has 0 saturated carbocycles. The third kappa shape index (κ3) is 4.21. The first-order valence-corrected chi connectivity index (χ1v) is 7.22. The Morgan fingerprint density at radius 1 is 1.52 bits per heavy atom. The van der Waals surface area contributed by atoms with Gasteiger partial charge in [0.2, 0.25) is 10.0 Å². The van der Waals surface area contributed by atoms with Gasteiger partial charge in [0.1, 0.15) is 0 Å². The number of carbonyl (C=O) groups excluding carboxylic acids is 1. The number of non-ortho nitro benzene ring substituents is 1. The van der Waals surface area contributed by atoms with Crippen molar-refractivity contribution in [1.82, 2.24) is 4.72 Å². The summed E-state index contributed by atoms with van der Waals surface area (Å²) >= 11 is 0. The number of nitrogens with one attached hydrogen (secondary N) is 1. The van der Waals surface area contributed by atoms with Crippen molar-refractivity contribution in [3.05, 3.63) is 33.9 Å². The summed E-state index contributed by atoms with van der Waals surface area (Å²) in [6.07, 6.45) is -0.931. The van der Waals surface area contributed by atoms with Crippen molar-refractivity contribution in [1.29, 1.82) is 0 Å². The monoisotopic (exact) mass is 318 g/mol. The van der Waals surface area contributed by atoms with Gasteiger partial charge in [0, 0.05) is 18.7 Å². The van der Waals surface area contributed by atoms with Gasteiger partial charge >= 0.3 is 5.97 Å². The predicted molar refractivity (Wildman–Crippen MR) is 71.3 cm³/mol. The number of aliphatic hydroxyl groups is 1. The molecule has 1 atom stereocenters. The van der Waals surface area contributed by atoms with E-state index in [1.165, 1.54) is 6.92 Å². The molecule has 0 aliphatic rings. The van der Waals surface area contributed by atoms with Gasteiger partial charge in [-0.1, -0.05) is 0 Å². The summed E-state index contributed by atoms with van der Waals surface area (Å²) in [5, 5.41) is 19.8. The van der Waals surface area contributed by atoms with Gasteiger partial charge < -0.3 is 9.84 Å². The van der Waals surface area contributed by atoms with E-state index in [0.29, 0.717) is 0 Å². The highest BCUT2D eigenvalue weighted by Crippen LogP contribution is 2.22. The Kier molecular flexibility index (Phi) is 5.35. The Labute approximate surface area is 120 Å². The van der Waals surface area contributed by atoms with Gasteiger partial charge in [-0.3, -0.25) is 10.1 Å². The molecule has 0 unspecified atom stereocenters. The van der Waals surface area contributed by atoms with Crippen molar-refractivity contribution in [3.63, 3.8) is 0 Å². The summed E-state index contributed by atoms with van der Waals surface area (Å²) < 4.78 is 30.6. The molecule has 2 N–H and O–H groups in total. The van der Waals surface area contributed by atoms with E-state index in [1.807, 2.05) is 0 Å². The molecule has 0 spiro atoms. The van der Waals surface area contributed by atoms with E-state index in [0.717, 1.165) is 25.3 Å². The number of nitrogens with zero attached hydrogens (tertiary/aromatic N) is 1. The topological polar surface area (TPSA) is 136 Å². The molecule has 9 nitrogen and oxygen atoms in total. The van der Waals surface area contributed by atoms with Crippen molar-refractivity contribution in [2.45, 2.75) is 17.9 Å². The van der Waals surface area contributed by atoms with Crippen LogP contribution in [0.3, 0.4) is 0 Å².